The first-order chi connectivity index (χ1) is 3.72. The second-order valence-electron chi connectivity index (χ2n) is 1.49. The summed E-state index contributed by atoms with van der Waals surface area (Å²) in [6.45, 7) is 3.80. The molecule has 0 aliphatic rings. The molecule has 8 heavy (non-hydrogen) atoms. The smallest absolute Gasteiger partial charge is 0.0733 e. The predicted molar refractivity (Wildman–Crippen MR) is 40.2 cm³/mol. The Morgan fingerprint density at radius 2 is 2.25 bits per heavy atom. The lowest BCUT2D eigenvalue weighted by atomic mass is 10.2. The van der Waals surface area contributed by atoms with Gasteiger partial charge in [-0.05, 0) is 13.3 Å². The topological polar surface area (TPSA) is 38.4 Å². The van der Waals surface area contributed by atoms with Crippen LogP contribution in [0.3, 0.4) is 0 Å². The molecule has 2 N–H and O–H groups in total. The van der Waals surface area contributed by atoms with Crippen LogP contribution >= 0.6 is 12.2 Å². The highest BCUT2D eigenvalue weighted by molar-refractivity contribution is 7.82. The van der Waals surface area contributed by atoms with Gasteiger partial charge in [0.2, 0.25) is 0 Å². The normalized spacial score (nSPS) is 11.5. The van der Waals surface area contributed by atoms with E-state index in [-0.39, 0.29) is 0 Å². The van der Waals surface area contributed by atoms with Crippen LogP contribution in [-0.2, 0) is 0 Å². The van der Waals surface area contributed by atoms with Crippen LogP contribution < -0.4 is 5.84 Å². The lowest BCUT2D eigenvalue weighted by Gasteiger charge is -1.94. The van der Waals surface area contributed by atoms with Gasteiger partial charge in [-0.1, -0.05) is 19.1 Å². The number of nitrogens with two attached hydrogens (primary N) is 1. The molecule has 0 fully saturated rings. The molecule has 0 heterocycles. The van der Waals surface area contributed by atoms with Crippen molar-refractivity contribution < 1.29 is 0 Å². The molecule has 0 saturated heterocycles. The van der Waals surface area contributed by atoms with Gasteiger partial charge in [-0.25, -0.2) is 0 Å². The largest absolute Gasteiger partial charge is 0.323 e. The van der Waals surface area contributed by atoms with E-state index in [2.05, 4.69) is 5.10 Å². The SMILES string of the molecule is CC/C(=N/N)C(C)=S. The number of hydrazone groups is 1. The van der Waals surface area contributed by atoms with Crippen molar-refractivity contribution in [3.05, 3.63) is 0 Å². The third-order valence-corrected chi connectivity index (χ3v) is 1.13. The molecule has 2 nitrogen and oxygen atoms in total. The van der Waals surface area contributed by atoms with Gasteiger partial charge < -0.3 is 5.84 Å². The van der Waals surface area contributed by atoms with Gasteiger partial charge in [-0.2, -0.15) is 5.10 Å². The summed E-state index contributed by atoms with van der Waals surface area (Å²) >= 11 is 4.80. The first kappa shape index (κ1) is 7.56. The molecule has 0 atom stereocenters. The maximum Gasteiger partial charge on any atom is 0.0733 e. The van der Waals surface area contributed by atoms with E-state index in [0.29, 0.717) is 0 Å². The van der Waals surface area contributed by atoms with Crippen LogP contribution in [0.4, 0.5) is 0 Å². The van der Waals surface area contributed by atoms with E-state index < -0.39 is 0 Å². The minimum Gasteiger partial charge on any atom is -0.323 e. The maximum atomic E-state index is 4.98. The Labute approximate surface area is 54.8 Å². The molecule has 46 valence electrons. The Kier molecular flexibility index (Phi) is 3.35. The Bertz CT molecular complexity index is 118. The number of nitrogens with zero attached hydrogens (tertiary/aromatic N) is 1. The van der Waals surface area contributed by atoms with Crippen molar-refractivity contribution in [2.45, 2.75) is 20.3 Å². The average molecular weight is 130 g/mol. The number of hydrogen-bond acceptors (Lipinski definition) is 3. The van der Waals surface area contributed by atoms with Crippen molar-refractivity contribution in [2.75, 3.05) is 0 Å². The van der Waals surface area contributed by atoms with Gasteiger partial charge in [-0.3, -0.25) is 0 Å². The van der Waals surface area contributed by atoms with Crippen LogP contribution in [0.2, 0.25) is 0 Å². The van der Waals surface area contributed by atoms with E-state index >= 15 is 0 Å². The molecule has 0 spiro atoms. The molecule has 0 bridgehead atoms. The second-order valence-corrected chi connectivity index (χ2v) is 2.10. The molecule has 0 aliphatic carbocycles. The molecular weight excluding hydrogens is 120 g/mol. The average Bonchev–Trinajstić information content (AvgIpc) is 1.69. The Morgan fingerprint density at radius 1 is 1.75 bits per heavy atom. The molecule has 0 aromatic carbocycles. The van der Waals surface area contributed by atoms with Gasteiger partial charge in [0.25, 0.3) is 0 Å². The van der Waals surface area contributed by atoms with Gasteiger partial charge in [0, 0.05) is 4.86 Å². The van der Waals surface area contributed by atoms with Gasteiger partial charge in [0.05, 0.1) is 5.71 Å². The van der Waals surface area contributed by atoms with Crippen molar-refractivity contribution in [3.63, 3.8) is 0 Å². The van der Waals surface area contributed by atoms with Crippen LogP contribution in [0.25, 0.3) is 0 Å². The van der Waals surface area contributed by atoms with E-state index in [9.17, 15) is 0 Å². The zero-order valence-electron chi connectivity index (χ0n) is 5.14. The molecule has 0 rings (SSSR count). The van der Waals surface area contributed by atoms with Gasteiger partial charge >= 0.3 is 0 Å². The third kappa shape index (κ3) is 2.02. The highest BCUT2D eigenvalue weighted by Gasteiger charge is 1.94. The van der Waals surface area contributed by atoms with E-state index in [1.165, 1.54) is 0 Å². The van der Waals surface area contributed by atoms with Crippen molar-refractivity contribution >= 4 is 22.8 Å². The molecule has 3 heteroatoms. The molecule has 0 radical (unpaired) electrons. The quantitative estimate of drug-likeness (QED) is 0.263. The molecular formula is C5H10N2S. The van der Waals surface area contributed by atoms with Crippen molar-refractivity contribution in [1.82, 2.24) is 0 Å². The Hall–Kier alpha value is -0.440. The summed E-state index contributed by atoms with van der Waals surface area (Å²) < 4.78 is 0. The summed E-state index contributed by atoms with van der Waals surface area (Å²) in [7, 11) is 0. The maximum absolute atomic E-state index is 4.98. The minimum atomic E-state index is 0.787. The van der Waals surface area contributed by atoms with Crippen molar-refractivity contribution in [1.29, 1.82) is 0 Å². The number of hydrogen-bond donors (Lipinski definition) is 1. The summed E-state index contributed by atoms with van der Waals surface area (Å²) in [5.74, 6) is 4.98. The molecule has 0 unspecified atom stereocenters. The zero-order chi connectivity index (χ0) is 6.57. The van der Waals surface area contributed by atoms with E-state index in [1.807, 2.05) is 13.8 Å². The van der Waals surface area contributed by atoms with Crippen LogP contribution in [0, 0.1) is 0 Å². The highest BCUT2D eigenvalue weighted by Crippen LogP contribution is 1.86. The van der Waals surface area contributed by atoms with E-state index in [0.717, 1.165) is 17.0 Å². The lowest BCUT2D eigenvalue weighted by Crippen LogP contribution is -2.08. The summed E-state index contributed by atoms with van der Waals surface area (Å²) in [5.41, 5.74) is 0.819. The number of thiocarbonyl (C=S) groups is 1. The predicted octanol–water partition coefficient (Wildman–Crippen LogP) is 1.10. The molecule has 0 aromatic heterocycles. The van der Waals surface area contributed by atoms with Crippen molar-refractivity contribution in [3.8, 4) is 0 Å². The molecule has 0 aromatic rings. The fourth-order valence-electron chi connectivity index (χ4n) is 0.431. The minimum absolute atomic E-state index is 0.787. The zero-order valence-corrected chi connectivity index (χ0v) is 5.96. The second kappa shape index (κ2) is 3.55. The van der Waals surface area contributed by atoms with Crippen LogP contribution in [0.15, 0.2) is 5.10 Å². The van der Waals surface area contributed by atoms with E-state index in [1.54, 1.807) is 0 Å². The molecule has 0 amide bonds. The summed E-state index contributed by atoms with van der Waals surface area (Å²) in [4.78, 5) is 0.787. The lowest BCUT2D eigenvalue weighted by molar-refractivity contribution is 1.19. The summed E-state index contributed by atoms with van der Waals surface area (Å²) in [5, 5.41) is 3.48. The fraction of sp³-hybridized carbons (Fsp3) is 0.600. The number of rotatable bonds is 2. The third-order valence-electron chi connectivity index (χ3n) is 0.897. The monoisotopic (exact) mass is 130 g/mol. The Balaban J connectivity index is 3.92. The van der Waals surface area contributed by atoms with Crippen molar-refractivity contribution in [2.24, 2.45) is 10.9 Å². The van der Waals surface area contributed by atoms with Crippen LogP contribution in [0.1, 0.15) is 20.3 Å². The van der Waals surface area contributed by atoms with Gasteiger partial charge in [0.1, 0.15) is 0 Å². The van der Waals surface area contributed by atoms with Gasteiger partial charge in [0.15, 0.2) is 0 Å². The fourth-order valence-corrected chi connectivity index (χ4v) is 0.628. The first-order valence-electron chi connectivity index (χ1n) is 2.50. The highest BCUT2D eigenvalue weighted by atomic mass is 32.1. The summed E-state index contributed by atoms with van der Waals surface area (Å²) in [6, 6.07) is 0. The molecule has 0 aliphatic heterocycles. The van der Waals surface area contributed by atoms with Crippen LogP contribution in [-0.4, -0.2) is 10.6 Å². The molecule has 0 saturated carbocycles. The standard InChI is InChI=1S/C5H10N2S/c1-3-5(7-6)4(2)8/h3,6H2,1-2H3/b7-5-. The Morgan fingerprint density at radius 3 is 2.25 bits per heavy atom. The first-order valence-corrected chi connectivity index (χ1v) is 2.90. The summed E-state index contributed by atoms with van der Waals surface area (Å²) in [6.07, 6.45) is 0.825. The van der Waals surface area contributed by atoms with Gasteiger partial charge in [-0.15, -0.1) is 0 Å². The van der Waals surface area contributed by atoms with Crippen LogP contribution in [0.5, 0.6) is 0 Å². The van der Waals surface area contributed by atoms with E-state index in [4.69, 9.17) is 18.1 Å².